The molecule has 0 unspecified atom stereocenters. The van der Waals surface area contributed by atoms with Crippen molar-refractivity contribution in [3.8, 4) is 0 Å². The van der Waals surface area contributed by atoms with Crippen LogP contribution in [0, 0.1) is 0 Å². The molecule has 0 bridgehead atoms. The average Bonchev–Trinajstić information content (AvgIpc) is 3.07. The van der Waals surface area contributed by atoms with Crippen LogP contribution in [0.2, 0.25) is 0 Å². The van der Waals surface area contributed by atoms with Gasteiger partial charge in [-0.05, 0) is 0 Å². The molecule has 18 nitrogen and oxygen atoms in total. The van der Waals surface area contributed by atoms with Crippen LogP contribution >= 0.6 is 0 Å². The largest absolute Gasteiger partial charge is 0.329 e. The van der Waals surface area contributed by atoms with Crippen molar-refractivity contribution in [3.63, 3.8) is 0 Å². The minimum atomic E-state index is 0.694. The van der Waals surface area contributed by atoms with Gasteiger partial charge in [0, 0.05) is 183 Å². The first kappa shape index (κ1) is 52.1. The van der Waals surface area contributed by atoms with Gasteiger partial charge in [0.05, 0.1) is 0 Å². The first-order chi connectivity index (χ1) is 22.7. The number of hydrogen-bond donors (Lipinski definition) is 18. The maximum absolute atomic E-state index is 5.35. The molecule has 0 rings (SSSR count). The van der Waals surface area contributed by atoms with E-state index >= 15 is 0 Å². The lowest BCUT2D eigenvalue weighted by molar-refractivity contribution is 0.569. The van der Waals surface area contributed by atoms with Crippen molar-refractivity contribution in [3.05, 3.63) is 0 Å². The molecule has 284 valence electrons. The second kappa shape index (κ2) is 59.7. The van der Waals surface area contributed by atoms with Crippen molar-refractivity contribution in [1.29, 1.82) is 0 Å². The fourth-order valence-corrected chi connectivity index (χ4v) is 3.13. The molecule has 0 saturated heterocycles. The number of rotatable bonds is 34. The quantitative estimate of drug-likeness (QED) is 0.0282. The van der Waals surface area contributed by atoms with Gasteiger partial charge in [0.15, 0.2) is 0 Å². The van der Waals surface area contributed by atoms with Gasteiger partial charge in [0.25, 0.3) is 0 Å². The monoisotopic (exact) mass is 671 g/mol. The van der Waals surface area contributed by atoms with Gasteiger partial charge in [-0.1, -0.05) is 0 Å². The van der Waals surface area contributed by atoms with Crippen LogP contribution in [0.4, 0.5) is 0 Å². The number of hydrogen-bond acceptors (Lipinski definition) is 18. The molecule has 0 aromatic carbocycles. The van der Waals surface area contributed by atoms with E-state index in [4.69, 9.17) is 45.9 Å². The van der Waals surface area contributed by atoms with Crippen molar-refractivity contribution < 1.29 is 0 Å². The Kier molecular flexibility index (Phi) is 67.6. The van der Waals surface area contributed by atoms with Gasteiger partial charge in [-0.3, -0.25) is 0 Å². The highest BCUT2D eigenvalue weighted by atomic mass is 15.0. The highest BCUT2D eigenvalue weighted by Gasteiger charge is 1.90. The Morgan fingerprint density at radius 3 is 0.348 bits per heavy atom. The predicted octanol–water partition coefficient (Wildman–Crippen LogP) is -8.49. The lowest BCUT2D eigenvalue weighted by atomic mass is 10.5. The molecule has 0 aromatic heterocycles. The summed E-state index contributed by atoms with van der Waals surface area (Å²) in [7, 11) is 0. The summed E-state index contributed by atoms with van der Waals surface area (Å²) < 4.78 is 0. The molecule has 18 heteroatoms. The summed E-state index contributed by atoms with van der Waals surface area (Å²) in [5, 5.41) is 32.2. The minimum absolute atomic E-state index is 0.694. The van der Waals surface area contributed by atoms with Gasteiger partial charge in [0.2, 0.25) is 0 Å². The van der Waals surface area contributed by atoms with Crippen LogP contribution in [0.1, 0.15) is 0 Å². The second-order valence-corrected chi connectivity index (χ2v) is 9.81. The summed E-state index contributed by atoms with van der Waals surface area (Å²) in [4.78, 5) is 0. The molecule has 46 heavy (non-hydrogen) atoms. The van der Waals surface area contributed by atoms with E-state index in [2.05, 4.69) is 53.2 Å². The van der Waals surface area contributed by atoms with E-state index in [0.29, 0.717) is 52.4 Å². The highest BCUT2D eigenvalue weighted by molar-refractivity contribution is 4.57. The summed E-state index contributed by atoms with van der Waals surface area (Å²) in [6.07, 6.45) is 0. The first-order valence-corrected chi connectivity index (χ1v) is 17.3. The molecule has 0 atom stereocenters. The smallest absolute Gasteiger partial charge is 0.00772 e. The Balaban J connectivity index is -0.000000266. The van der Waals surface area contributed by atoms with Crippen molar-refractivity contribution in [1.82, 2.24) is 53.2 Å². The highest BCUT2D eigenvalue weighted by Crippen LogP contribution is 1.63. The molecule has 0 radical (unpaired) electrons. The third-order valence-corrected chi connectivity index (χ3v) is 5.44. The van der Waals surface area contributed by atoms with Crippen LogP contribution in [0.25, 0.3) is 0 Å². The van der Waals surface area contributed by atoms with Crippen LogP contribution in [-0.4, -0.2) is 183 Å². The van der Waals surface area contributed by atoms with Gasteiger partial charge in [-0.15, -0.1) is 0 Å². The van der Waals surface area contributed by atoms with E-state index in [1.807, 2.05) is 0 Å². The minimum Gasteiger partial charge on any atom is -0.329 e. The van der Waals surface area contributed by atoms with Gasteiger partial charge in [-0.25, -0.2) is 0 Å². The second-order valence-electron chi connectivity index (χ2n) is 9.81. The molecule has 0 saturated carbocycles. The van der Waals surface area contributed by atoms with E-state index in [-0.39, 0.29) is 0 Å². The average molecular weight is 671 g/mol. The first-order valence-electron chi connectivity index (χ1n) is 17.3. The molecule has 0 fully saturated rings. The molecule has 0 spiro atoms. The van der Waals surface area contributed by atoms with Crippen LogP contribution in [-0.2, 0) is 0 Å². The van der Waals surface area contributed by atoms with E-state index in [1.165, 1.54) is 0 Å². The zero-order chi connectivity index (χ0) is 34.9. The lowest BCUT2D eigenvalue weighted by Crippen LogP contribution is -2.36. The van der Waals surface area contributed by atoms with E-state index in [9.17, 15) is 0 Å². The summed E-state index contributed by atoms with van der Waals surface area (Å²) in [5.41, 5.74) is 42.2. The third kappa shape index (κ3) is 69.9. The van der Waals surface area contributed by atoms with Crippen LogP contribution in [0.15, 0.2) is 0 Å². The van der Waals surface area contributed by atoms with Crippen LogP contribution < -0.4 is 99.0 Å². The van der Waals surface area contributed by atoms with Crippen LogP contribution in [0.5, 0.6) is 0 Å². The Morgan fingerprint density at radius 1 is 0.152 bits per heavy atom. The molecule has 0 amide bonds. The Bertz CT molecular complexity index is 407. The lowest BCUT2D eigenvalue weighted by Gasteiger charge is -2.07. The summed E-state index contributed by atoms with van der Waals surface area (Å²) >= 11 is 0. The standard InChI is InChI=1S/C10H28N6.C8H23N5.C6H18N4.C4H13N3/c11-1-3-13-5-7-15-9-10-16-8-6-14-4-2-12;9-1-3-11-5-7-13-8-6-12-4-2-10;7-1-3-9-5-6-10-4-2-8;5-1-3-7-4-2-6/h13-16H,1-12H2;11-13H,1-10H2;9-10H,1-8H2;7H,1-6H2. The van der Waals surface area contributed by atoms with Crippen LogP contribution in [0.3, 0.4) is 0 Å². The third-order valence-electron chi connectivity index (χ3n) is 5.44. The summed E-state index contributed by atoms with van der Waals surface area (Å²) in [5.74, 6) is 0. The normalized spacial score (nSPS) is 10.4. The molecule has 0 aliphatic heterocycles. The van der Waals surface area contributed by atoms with E-state index in [0.717, 1.165) is 131 Å². The molecular formula is C28H82N18. The molecule has 26 N–H and O–H groups in total. The Labute approximate surface area is 282 Å². The summed E-state index contributed by atoms with van der Waals surface area (Å²) in [6.45, 7) is 24.6. The molecular weight excluding hydrogens is 588 g/mol. The fourth-order valence-electron chi connectivity index (χ4n) is 3.13. The maximum atomic E-state index is 5.35. The van der Waals surface area contributed by atoms with Crippen molar-refractivity contribution in [2.45, 2.75) is 0 Å². The van der Waals surface area contributed by atoms with Crippen molar-refractivity contribution in [2.75, 3.05) is 183 Å². The van der Waals surface area contributed by atoms with Gasteiger partial charge in [-0.2, -0.15) is 0 Å². The Hall–Kier alpha value is -0.720. The SMILES string of the molecule is NCCNCCN.NCCNCCNCCN.NCCNCCNCCNCCN.NCCNCCNCCNCCNCCN. The van der Waals surface area contributed by atoms with E-state index < -0.39 is 0 Å². The number of nitrogens with one attached hydrogen (secondary N) is 10. The molecule has 0 aliphatic carbocycles. The van der Waals surface area contributed by atoms with Gasteiger partial charge < -0.3 is 99.0 Å². The van der Waals surface area contributed by atoms with Gasteiger partial charge in [0.1, 0.15) is 0 Å². The summed E-state index contributed by atoms with van der Waals surface area (Å²) in [6, 6.07) is 0. The topological polar surface area (TPSA) is 328 Å². The molecule has 0 heterocycles. The maximum Gasteiger partial charge on any atom is 0.00772 e. The predicted molar refractivity (Wildman–Crippen MR) is 201 cm³/mol. The van der Waals surface area contributed by atoms with Gasteiger partial charge >= 0.3 is 0 Å². The molecule has 0 aliphatic rings. The van der Waals surface area contributed by atoms with Crippen molar-refractivity contribution in [2.24, 2.45) is 45.9 Å². The Morgan fingerprint density at radius 2 is 0.239 bits per heavy atom. The molecule has 0 aromatic rings. The zero-order valence-electron chi connectivity index (χ0n) is 29.4. The van der Waals surface area contributed by atoms with Crippen molar-refractivity contribution >= 4 is 0 Å². The number of nitrogens with two attached hydrogens (primary N) is 8. The van der Waals surface area contributed by atoms with E-state index in [1.54, 1.807) is 0 Å². The zero-order valence-corrected chi connectivity index (χ0v) is 29.4. The fraction of sp³-hybridized carbons (Fsp3) is 1.00.